The van der Waals surface area contributed by atoms with Crippen LogP contribution >= 0.6 is 0 Å². The molecular formula is C11H17NO3. The predicted molar refractivity (Wildman–Crippen MR) is 53.1 cm³/mol. The summed E-state index contributed by atoms with van der Waals surface area (Å²) in [6.07, 6.45) is 0.939. The van der Waals surface area contributed by atoms with Gasteiger partial charge in [0.25, 0.3) is 5.91 Å². The summed E-state index contributed by atoms with van der Waals surface area (Å²) in [4.78, 5) is 14.0. The monoisotopic (exact) mass is 211 g/mol. The summed E-state index contributed by atoms with van der Waals surface area (Å²) < 4.78 is 11.0. The fourth-order valence-electron chi connectivity index (χ4n) is 2.59. The number of ether oxygens (including phenoxy) is 2. The van der Waals surface area contributed by atoms with Gasteiger partial charge in [0.05, 0.1) is 6.61 Å². The van der Waals surface area contributed by atoms with E-state index in [1.54, 1.807) is 0 Å². The second-order valence-electron chi connectivity index (χ2n) is 5.32. The Bertz CT molecular complexity index is 292. The van der Waals surface area contributed by atoms with Crippen molar-refractivity contribution in [3.05, 3.63) is 0 Å². The van der Waals surface area contributed by atoms with E-state index in [2.05, 4.69) is 0 Å². The third-order valence-electron chi connectivity index (χ3n) is 3.57. The zero-order chi connectivity index (χ0) is 10.6. The standard InChI is InChI=1S/C11H17NO3/c1-11(2)14-6-9(15-11)10(13)12-4-7-3-8(7)5-12/h7-9H,3-6H2,1-2H3. The first-order valence-electron chi connectivity index (χ1n) is 5.66. The van der Waals surface area contributed by atoms with Gasteiger partial charge in [-0.3, -0.25) is 4.79 Å². The summed E-state index contributed by atoms with van der Waals surface area (Å²) in [5.74, 6) is 1.09. The molecule has 4 heteroatoms. The largest absolute Gasteiger partial charge is 0.347 e. The minimum Gasteiger partial charge on any atom is -0.347 e. The summed E-state index contributed by atoms with van der Waals surface area (Å²) in [5, 5.41) is 0. The van der Waals surface area contributed by atoms with Crippen LogP contribution in [-0.2, 0) is 14.3 Å². The van der Waals surface area contributed by atoms with Crippen molar-refractivity contribution in [1.29, 1.82) is 0 Å². The number of fused-ring (bicyclic) bond motifs is 1. The molecule has 3 atom stereocenters. The van der Waals surface area contributed by atoms with E-state index in [1.807, 2.05) is 18.7 Å². The van der Waals surface area contributed by atoms with E-state index >= 15 is 0 Å². The number of carbonyl (C=O) groups is 1. The molecule has 0 spiro atoms. The van der Waals surface area contributed by atoms with Gasteiger partial charge in [0.1, 0.15) is 0 Å². The van der Waals surface area contributed by atoms with Crippen molar-refractivity contribution in [3.63, 3.8) is 0 Å². The highest BCUT2D eigenvalue weighted by atomic mass is 16.7. The molecule has 3 fully saturated rings. The molecule has 3 aliphatic rings. The fraction of sp³-hybridized carbons (Fsp3) is 0.909. The van der Waals surface area contributed by atoms with Crippen LogP contribution in [0.3, 0.4) is 0 Å². The Morgan fingerprint density at radius 3 is 2.53 bits per heavy atom. The molecule has 2 saturated heterocycles. The van der Waals surface area contributed by atoms with Gasteiger partial charge in [-0.25, -0.2) is 0 Å². The molecule has 2 heterocycles. The first-order chi connectivity index (χ1) is 7.05. The van der Waals surface area contributed by atoms with Crippen LogP contribution in [-0.4, -0.2) is 42.4 Å². The minimum absolute atomic E-state index is 0.118. The molecule has 1 saturated carbocycles. The molecule has 0 aromatic rings. The van der Waals surface area contributed by atoms with Crippen molar-refractivity contribution < 1.29 is 14.3 Å². The molecule has 1 aliphatic carbocycles. The number of piperidine rings is 1. The highest BCUT2D eigenvalue weighted by Crippen LogP contribution is 2.45. The number of nitrogens with zero attached hydrogens (tertiary/aromatic N) is 1. The lowest BCUT2D eigenvalue weighted by molar-refractivity contribution is -0.159. The average Bonchev–Trinajstić information content (AvgIpc) is 2.62. The molecule has 0 aromatic carbocycles. The van der Waals surface area contributed by atoms with Crippen molar-refractivity contribution in [2.75, 3.05) is 19.7 Å². The van der Waals surface area contributed by atoms with Crippen molar-refractivity contribution >= 4 is 5.91 Å². The molecule has 2 aliphatic heterocycles. The highest BCUT2D eigenvalue weighted by molar-refractivity contribution is 5.81. The topological polar surface area (TPSA) is 38.8 Å². The SMILES string of the molecule is CC1(C)OCC(C(=O)N2CC3CC3C2)O1. The average molecular weight is 211 g/mol. The van der Waals surface area contributed by atoms with Crippen molar-refractivity contribution in [2.45, 2.75) is 32.2 Å². The first-order valence-corrected chi connectivity index (χ1v) is 5.66. The quantitative estimate of drug-likeness (QED) is 0.638. The number of carbonyl (C=O) groups excluding carboxylic acids is 1. The van der Waals surface area contributed by atoms with Crippen LogP contribution in [0.4, 0.5) is 0 Å². The van der Waals surface area contributed by atoms with Crippen LogP contribution in [0.15, 0.2) is 0 Å². The van der Waals surface area contributed by atoms with E-state index in [9.17, 15) is 4.79 Å². The molecule has 0 N–H and O–H groups in total. The second kappa shape index (κ2) is 2.95. The van der Waals surface area contributed by atoms with E-state index in [-0.39, 0.29) is 12.0 Å². The van der Waals surface area contributed by atoms with Crippen molar-refractivity contribution in [3.8, 4) is 0 Å². The Kier molecular flexibility index (Phi) is 1.89. The van der Waals surface area contributed by atoms with Gasteiger partial charge in [-0.15, -0.1) is 0 Å². The van der Waals surface area contributed by atoms with Crippen LogP contribution < -0.4 is 0 Å². The fourth-order valence-corrected chi connectivity index (χ4v) is 2.59. The molecule has 3 unspecified atom stereocenters. The number of hydrogen-bond donors (Lipinski definition) is 0. The Morgan fingerprint density at radius 1 is 1.33 bits per heavy atom. The number of hydrogen-bond acceptors (Lipinski definition) is 3. The summed E-state index contributed by atoms with van der Waals surface area (Å²) in [6, 6.07) is 0. The maximum absolute atomic E-state index is 12.0. The Morgan fingerprint density at radius 2 is 2.00 bits per heavy atom. The lowest BCUT2D eigenvalue weighted by atomic mass is 10.3. The van der Waals surface area contributed by atoms with E-state index in [0.29, 0.717) is 6.61 Å². The molecule has 0 bridgehead atoms. The molecule has 84 valence electrons. The third-order valence-corrected chi connectivity index (χ3v) is 3.57. The van der Waals surface area contributed by atoms with Gasteiger partial charge in [-0.2, -0.15) is 0 Å². The molecule has 0 radical (unpaired) electrons. The van der Waals surface area contributed by atoms with Gasteiger partial charge in [0.2, 0.25) is 0 Å². The van der Waals surface area contributed by atoms with Gasteiger partial charge in [-0.1, -0.05) is 0 Å². The van der Waals surface area contributed by atoms with Crippen LogP contribution in [0.25, 0.3) is 0 Å². The van der Waals surface area contributed by atoms with E-state index in [4.69, 9.17) is 9.47 Å². The Hall–Kier alpha value is -0.610. The van der Waals surface area contributed by atoms with Crippen LogP contribution in [0, 0.1) is 11.8 Å². The Balaban J connectivity index is 1.61. The summed E-state index contributed by atoms with van der Waals surface area (Å²) in [5.41, 5.74) is 0. The highest BCUT2D eigenvalue weighted by Gasteiger charge is 2.49. The van der Waals surface area contributed by atoms with Crippen LogP contribution in [0.5, 0.6) is 0 Å². The molecule has 15 heavy (non-hydrogen) atoms. The lowest BCUT2D eigenvalue weighted by Gasteiger charge is -2.22. The minimum atomic E-state index is -0.594. The summed E-state index contributed by atoms with van der Waals surface area (Å²) >= 11 is 0. The van der Waals surface area contributed by atoms with E-state index in [1.165, 1.54) is 6.42 Å². The summed E-state index contributed by atoms with van der Waals surface area (Å²) in [7, 11) is 0. The van der Waals surface area contributed by atoms with Gasteiger partial charge >= 0.3 is 0 Å². The lowest BCUT2D eigenvalue weighted by Crippen LogP contribution is -2.40. The smallest absolute Gasteiger partial charge is 0.254 e. The van der Waals surface area contributed by atoms with Gasteiger partial charge in [-0.05, 0) is 32.1 Å². The number of amides is 1. The van der Waals surface area contributed by atoms with Crippen LogP contribution in [0.2, 0.25) is 0 Å². The van der Waals surface area contributed by atoms with Crippen molar-refractivity contribution in [1.82, 2.24) is 4.90 Å². The third kappa shape index (κ3) is 1.66. The molecular weight excluding hydrogens is 194 g/mol. The first kappa shape index (κ1) is 9.60. The number of rotatable bonds is 1. The molecule has 0 aromatic heterocycles. The van der Waals surface area contributed by atoms with Gasteiger partial charge < -0.3 is 14.4 Å². The molecule has 1 amide bonds. The van der Waals surface area contributed by atoms with E-state index in [0.717, 1.165) is 24.9 Å². The second-order valence-corrected chi connectivity index (χ2v) is 5.32. The van der Waals surface area contributed by atoms with Crippen LogP contribution in [0.1, 0.15) is 20.3 Å². The molecule has 4 nitrogen and oxygen atoms in total. The predicted octanol–water partition coefficient (Wildman–Crippen LogP) is 0.616. The van der Waals surface area contributed by atoms with Crippen molar-refractivity contribution in [2.24, 2.45) is 11.8 Å². The van der Waals surface area contributed by atoms with Gasteiger partial charge in [0.15, 0.2) is 11.9 Å². The Labute approximate surface area is 89.5 Å². The van der Waals surface area contributed by atoms with Gasteiger partial charge in [0, 0.05) is 13.1 Å². The zero-order valence-electron chi connectivity index (χ0n) is 9.23. The normalized spacial score (nSPS) is 41.7. The number of likely N-dealkylation sites (tertiary alicyclic amines) is 1. The maximum Gasteiger partial charge on any atom is 0.254 e. The van der Waals surface area contributed by atoms with E-state index < -0.39 is 5.79 Å². The molecule has 3 rings (SSSR count). The summed E-state index contributed by atoms with van der Waals surface area (Å²) in [6.45, 7) is 5.97. The zero-order valence-corrected chi connectivity index (χ0v) is 9.23. The maximum atomic E-state index is 12.0.